The highest BCUT2D eigenvalue weighted by atomic mass is 16.3. The highest BCUT2D eigenvalue weighted by Crippen LogP contribution is 2.09. The standard InChI is InChI=1S/C8H14N4O2/c13-7-3-11(4-8(7)14)1-2-12-6-9-5-10-12/h5-8,13-14H,1-4H2/t7-,8+. The van der Waals surface area contributed by atoms with Crippen molar-refractivity contribution < 1.29 is 10.2 Å². The molecule has 0 saturated carbocycles. The maximum atomic E-state index is 9.30. The lowest BCUT2D eigenvalue weighted by Crippen LogP contribution is -2.26. The molecular weight excluding hydrogens is 184 g/mol. The van der Waals surface area contributed by atoms with E-state index in [1.807, 2.05) is 4.90 Å². The van der Waals surface area contributed by atoms with Gasteiger partial charge in [0, 0.05) is 19.6 Å². The molecule has 1 aliphatic rings. The zero-order chi connectivity index (χ0) is 9.97. The van der Waals surface area contributed by atoms with Crippen LogP contribution in [0.2, 0.25) is 0 Å². The minimum absolute atomic E-state index is 0.538. The molecule has 1 aliphatic heterocycles. The number of aliphatic hydroxyl groups excluding tert-OH is 2. The number of aliphatic hydroxyl groups is 2. The Morgan fingerprint density at radius 2 is 1.93 bits per heavy atom. The summed E-state index contributed by atoms with van der Waals surface area (Å²) >= 11 is 0. The number of aromatic nitrogens is 3. The normalized spacial score (nSPS) is 28.4. The molecule has 0 amide bonds. The second-order valence-corrected chi connectivity index (χ2v) is 3.55. The third-order valence-corrected chi connectivity index (χ3v) is 2.45. The van der Waals surface area contributed by atoms with Crippen LogP contribution in [0.5, 0.6) is 0 Å². The van der Waals surface area contributed by atoms with Crippen molar-refractivity contribution in [1.29, 1.82) is 0 Å². The fourth-order valence-corrected chi connectivity index (χ4v) is 1.62. The summed E-state index contributed by atoms with van der Waals surface area (Å²) in [6, 6.07) is 0. The summed E-state index contributed by atoms with van der Waals surface area (Å²) in [5.41, 5.74) is 0. The van der Waals surface area contributed by atoms with Gasteiger partial charge in [0.05, 0.1) is 18.8 Å². The fourth-order valence-electron chi connectivity index (χ4n) is 1.62. The zero-order valence-corrected chi connectivity index (χ0v) is 7.82. The first-order chi connectivity index (χ1) is 6.75. The molecule has 14 heavy (non-hydrogen) atoms. The van der Waals surface area contributed by atoms with Crippen molar-refractivity contribution in [2.75, 3.05) is 19.6 Å². The van der Waals surface area contributed by atoms with E-state index in [0.717, 1.165) is 13.1 Å². The topological polar surface area (TPSA) is 74.4 Å². The number of rotatable bonds is 3. The molecule has 2 rings (SSSR count). The fraction of sp³-hybridized carbons (Fsp3) is 0.750. The van der Waals surface area contributed by atoms with Gasteiger partial charge in [0.15, 0.2) is 0 Å². The molecule has 0 unspecified atom stereocenters. The Morgan fingerprint density at radius 1 is 1.21 bits per heavy atom. The van der Waals surface area contributed by atoms with Crippen LogP contribution in [0.3, 0.4) is 0 Å². The average Bonchev–Trinajstić information content (AvgIpc) is 2.74. The molecule has 2 N–H and O–H groups in total. The van der Waals surface area contributed by atoms with Crippen molar-refractivity contribution in [3.8, 4) is 0 Å². The Hall–Kier alpha value is -0.980. The molecule has 6 nitrogen and oxygen atoms in total. The van der Waals surface area contributed by atoms with Gasteiger partial charge in [0.2, 0.25) is 0 Å². The molecule has 1 aromatic rings. The van der Waals surface area contributed by atoms with Gasteiger partial charge in [-0.3, -0.25) is 9.58 Å². The van der Waals surface area contributed by atoms with E-state index in [0.29, 0.717) is 13.1 Å². The van der Waals surface area contributed by atoms with Gasteiger partial charge in [-0.15, -0.1) is 0 Å². The van der Waals surface area contributed by atoms with Crippen LogP contribution in [0.1, 0.15) is 0 Å². The minimum Gasteiger partial charge on any atom is -0.389 e. The molecule has 2 heterocycles. The molecule has 1 fully saturated rings. The van der Waals surface area contributed by atoms with E-state index < -0.39 is 12.2 Å². The molecule has 78 valence electrons. The van der Waals surface area contributed by atoms with E-state index in [1.54, 1.807) is 11.0 Å². The highest BCUT2D eigenvalue weighted by molar-refractivity contribution is 4.82. The van der Waals surface area contributed by atoms with E-state index in [9.17, 15) is 10.2 Å². The van der Waals surface area contributed by atoms with E-state index in [-0.39, 0.29) is 0 Å². The molecule has 0 aromatic carbocycles. The summed E-state index contributed by atoms with van der Waals surface area (Å²) in [5.74, 6) is 0. The Bertz CT molecular complexity index is 267. The Labute approximate surface area is 81.8 Å². The van der Waals surface area contributed by atoms with Gasteiger partial charge in [-0.05, 0) is 0 Å². The smallest absolute Gasteiger partial charge is 0.137 e. The van der Waals surface area contributed by atoms with E-state index in [4.69, 9.17) is 0 Å². The summed E-state index contributed by atoms with van der Waals surface area (Å²) in [4.78, 5) is 5.84. The molecule has 2 atom stereocenters. The molecule has 1 aromatic heterocycles. The Kier molecular flexibility index (Phi) is 2.76. The number of hydrogen-bond acceptors (Lipinski definition) is 5. The van der Waals surface area contributed by atoms with Gasteiger partial charge in [0.25, 0.3) is 0 Å². The summed E-state index contributed by atoms with van der Waals surface area (Å²) in [7, 11) is 0. The van der Waals surface area contributed by atoms with Crippen LogP contribution in [0.4, 0.5) is 0 Å². The SMILES string of the molecule is O[C@@H]1CN(CCn2cncn2)C[C@@H]1O. The summed E-state index contributed by atoms with van der Waals surface area (Å²) in [5, 5.41) is 22.6. The first kappa shape index (κ1) is 9.57. The molecule has 0 bridgehead atoms. The first-order valence-electron chi connectivity index (χ1n) is 4.66. The average molecular weight is 198 g/mol. The largest absolute Gasteiger partial charge is 0.389 e. The molecule has 6 heteroatoms. The van der Waals surface area contributed by atoms with Crippen molar-refractivity contribution in [2.24, 2.45) is 0 Å². The predicted molar refractivity (Wildman–Crippen MR) is 48.5 cm³/mol. The van der Waals surface area contributed by atoms with Crippen molar-refractivity contribution in [2.45, 2.75) is 18.8 Å². The van der Waals surface area contributed by atoms with Crippen molar-refractivity contribution >= 4 is 0 Å². The molecule has 0 aliphatic carbocycles. The molecular formula is C8H14N4O2. The number of nitrogens with zero attached hydrogens (tertiary/aromatic N) is 4. The quantitative estimate of drug-likeness (QED) is 0.606. The summed E-state index contributed by atoms with van der Waals surface area (Å²) in [6.45, 7) is 2.59. The molecule has 0 spiro atoms. The second-order valence-electron chi connectivity index (χ2n) is 3.55. The number of hydrogen-bond donors (Lipinski definition) is 2. The highest BCUT2D eigenvalue weighted by Gasteiger charge is 2.28. The van der Waals surface area contributed by atoms with E-state index in [1.165, 1.54) is 6.33 Å². The van der Waals surface area contributed by atoms with Gasteiger partial charge in [-0.1, -0.05) is 0 Å². The maximum Gasteiger partial charge on any atom is 0.137 e. The van der Waals surface area contributed by atoms with Crippen molar-refractivity contribution in [3.63, 3.8) is 0 Å². The summed E-state index contributed by atoms with van der Waals surface area (Å²) in [6.07, 6.45) is 1.94. The summed E-state index contributed by atoms with van der Waals surface area (Å²) < 4.78 is 1.73. The number of likely N-dealkylation sites (tertiary alicyclic amines) is 1. The van der Waals surface area contributed by atoms with Gasteiger partial charge in [-0.2, -0.15) is 5.10 Å². The number of β-amino-alcohol motifs (C(OH)–C–C–N with tert-alkyl or cyclic N) is 2. The van der Waals surface area contributed by atoms with Crippen molar-refractivity contribution in [1.82, 2.24) is 19.7 Å². The van der Waals surface area contributed by atoms with Crippen molar-refractivity contribution in [3.05, 3.63) is 12.7 Å². The molecule has 0 radical (unpaired) electrons. The Morgan fingerprint density at radius 3 is 2.50 bits per heavy atom. The van der Waals surface area contributed by atoms with Gasteiger partial charge in [-0.25, -0.2) is 4.98 Å². The van der Waals surface area contributed by atoms with Crippen LogP contribution in [-0.2, 0) is 6.54 Å². The van der Waals surface area contributed by atoms with Crippen LogP contribution in [-0.4, -0.2) is 61.7 Å². The monoisotopic (exact) mass is 198 g/mol. The maximum absolute atomic E-state index is 9.30. The predicted octanol–water partition coefficient (Wildman–Crippen LogP) is -1.68. The third kappa shape index (κ3) is 2.09. The third-order valence-electron chi connectivity index (χ3n) is 2.45. The first-order valence-corrected chi connectivity index (χ1v) is 4.66. The lowest BCUT2D eigenvalue weighted by atomic mass is 10.3. The zero-order valence-electron chi connectivity index (χ0n) is 7.82. The van der Waals surface area contributed by atoms with Crippen LogP contribution in [0.15, 0.2) is 12.7 Å². The minimum atomic E-state index is -0.606. The van der Waals surface area contributed by atoms with Crippen LogP contribution >= 0.6 is 0 Å². The van der Waals surface area contributed by atoms with Crippen LogP contribution in [0, 0.1) is 0 Å². The molecule has 1 saturated heterocycles. The van der Waals surface area contributed by atoms with Crippen LogP contribution < -0.4 is 0 Å². The van der Waals surface area contributed by atoms with Crippen LogP contribution in [0.25, 0.3) is 0 Å². The lowest BCUT2D eigenvalue weighted by Gasteiger charge is -2.13. The van der Waals surface area contributed by atoms with Gasteiger partial charge >= 0.3 is 0 Å². The Balaban J connectivity index is 1.77. The van der Waals surface area contributed by atoms with Gasteiger partial charge < -0.3 is 10.2 Å². The second kappa shape index (κ2) is 4.04. The van der Waals surface area contributed by atoms with E-state index >= 15 is 0 Å². The van der Waals surface area contributed by atoms with Gasteiger partial charge in [0.1, 0.15) is 12.7 Å². The van der Waals surface area contributed by atoms with E-state index in [2.05, 4.69) is 10.1 Å². The lowest BCUT2D eigenvalue weighted by molar-refractivity contribution is 0.0572.